The van der Waals surface area contributed by atoms with Crippen molar-refractivity contribution in [3.63, 3.8) is 0 Å². The van der Waals surface area contributed by atoms with Crippen molar-refractivity contribution < 1.29 is 9.47 Å². The first-order valence-corrected chi connectivity index (χ1v) is 6.12. The van der Waals surface area contributed by atoms with Gasteiger partial charge in [0.1, 0.15) is 11.5 Å². The summed E-state index contributed by atoms with van der Waals surface area (Å²) in [5.74, 6) is 2.38. The maximum Gasteiger partial charge on any atom is 0.129 e. The molecule has 0 unspecified atom stereocenters. The molecule has 0 bridgehead atoms. The molecular formula is C13H20ClNO2. The molecule has 0 aromatic heterocycles. The Morgan fingerprint density at radius 1 is 1.24 bits per heavy atom. The van der Waals surface area contributed by atoms with Crippen LogP contribution < -0.4 is 9.47 Å². The smallest absolute Gasteiger partial charge is 0.129 e. The molecule has 17 heavy (non-hydrogen) atoms. The quantitative estimate of drug-likeness (QED) is 0.732. The van der Waals surface area contributed by atoms with E-state index in [1.807, 2.05) is 26.1 Å². The first-order chi connectivity index (χ1) is 8.13. The molecule has 96 valence electrons. The van der Waals surface area contributed by atoms with Gasteiger partial charge in [-0.25, -0.2) is 0 Å². The number of ether oxygens (including phenoxy) is 2. The predicted octanol–water partition coefficient (Wildman–Crippen LogP) is 2.68. The van der Waals surface area contributed by atoms with E-state index in [0.29, 0.717) is 5.88 Å². The van der Waals surface area contributed by atoms with Gasteiger partial charge in [-0.1, -0.05) is 6.07 Å². The largest absolute Gasteiger partial charge is 0.496 e. The summed E-state index contributed by atoms with van der Waals surface area (Å²) in [5.41, 5.74) is 2.19. The van der Waals surface area contributed by atoms with Crippen LogP contribution in [0.15, 0.2) is 12.1 Å². The Hall–Kier alpha value is -0.930. The molecule has 3 nitrogen and oxygen atoms in total. The minimum Gasteiger partial charge on any atom is -0.496 e. The molecule has 0 saturated heterocycles. The molecule has 4 heteroatoms. The number of halogens is 1. The lowest BCUT2D eigenvalue weighted by atomic mass is 10.1. The number of hydrogen-bond donors (Lipinski definition) is 0. The summed E-state index contributed by atoms with van der Waals surface area (Å²) in [5, 5.41) is 0. The second kappa shape index (κ2) is 6.72. The standard InChI is InChI=1S/C13H20ClNO2/c1-10-12(16-3)6-5-11(13(10)17-4)9-15(2)8-7-14/h5-6H,7-9H2,1-4H3. The summed E-state index contributed by atoms with van der Waals surface area (Å²) in [7, 11) is 5.40. The molecule has 1 aromatic carbocycles. The molecule has 1 aromatic rings. The topological polar surface area (TPSA) is 21.7 Å². The van der Waals surface area contributed by atoms with Crippen LogP contribution in [-0.4, -0.2) is 38.6 Å². The highest BCUT2D eigenvalue weighted by atomic mass is 35.5. The second-order valence-corrected chi connectivity index (χ2v) is 4.39. The van der Waals surface area contributed by atoms with Crippen LogP contribution in [0.3, 0.4) is 0 Å². The normalized spacial score (nSPS) is 10.7. The van der Waals surface area contributed by atoms with E-state index >= 15 is 0 Å². The van der Waals surface area contributed by atoms with E-state index in [1.165, 1.54) is 0 Å². The molecule has 0 aliphatic heterocycles. The van der Waals surface area contributed by atoms with Crippen LogP contribution in [0.4, 0.5) is 0 Å². The average Bonchev–Trinajstić information content (AvgIpc) is 2.30. The molecule has 0 amide bonds. The maximum absolute atomic E-state index is 5.72. The van der Waals surface area contributed by atoms with E-state index < -0.39 is 0 Å². The van der Waals surface area contributed by atoms with Crippen LogP contribution in [0, 0.1) is 6.92 Å². The lowest BCUT2D eigenvalue weighted by Crippen LogP contribution is -2.20. The number of hydrogen-bond acceptors (Lipinski definition) is 3. The minimum absolute atomic E-state index is 0.633. The number of alkyl halides is 1. The molecule has 0 heterocycles. The Morgan fingerprint density at radius 2 is 1.94 bits per heavy atom. The first kappa shape index (κ1) is 14.1. The van der Waals surface area contributed by atoms with Gasteiger partial charge >= 0.3 is 0 Å². The number of benzene rings is 1. The van der Waals surface area contributed by atoms with Crippen molar-refractivity contribution in [1.29, 1.82) is 0 Å². The summed E-state index contributed by atoms with van der Waals surface area (Å²) in [6, 6.07) is 4.01. The highest BCUT2D eigenvalue weighted by Crippen LogP contribution is 2.31. The molecule has 1 rings (SSSR count). The summed E-state index contributed by atoms with van der Waals surface area (Å²) in [6.45, 7) is 3.68. The zero-order valence-corrected chi connectivity index (χ0v) is 11.7. The van der Waals surface area contributed by atoms with E-state index in [2.05, 4.69) is 4.90 Å². The first-order valence-electron chi connectivity index (χ1n) is 5.59. The molecular weight excluding hydrogens is 238 g/mol. The van der Waals surface area contributed by atoms with Crippen LogP contribution >= 0.6 is 11.6 Å². The molecule has 0 N–H and O–H groups in total. The summed E-state index contributed by atoms with van der Waals surface area (Å²) in [6.07, 6.45) is 0. The summed E-state index contributed by atoms with van der Waals surface area (Å²) >= 11 is 5.72. The van der Waals surface area contributed by atoms with E-state index in [0.717, 1.165) is 35.7 Å². The molecule has 0 radical (unpaired) electrons. The van der Waals surface area contributed by atoms with Crippen LogP contribution in [0.5, 0.6) is 11.5 Å². The highest BCUT2D eigenvalue weighted by Gasteiger charge is 2.12. The van der Waals surface area contributed by atoms with Gasteiger partial charge in [0.25, 0.3) is 0 Å². The van der Waals surface area contributed by atoms with Crippen molar-refractivity contribution in [2.45, 2.75) is 13.5 Å². The molecule has 0 spiro atoms. The fraction of sp³-hybridized carbons (Fsp3) is 0.538. The highest BCUT2D eigenvalue weighted by molar-refractivity contribution is 6.18. The van der Waals surface area contributed by atoms with Gasteiger partial charge in [-0.3, -0.25) is 0 Å². The third kappa shape index (κ3) is 3.51. The van der Waals surface area contributed by atoms with Gasteiger partial charge in [-0.2, -0.15) is 0 Å². The Labute approximate surface area is 108 Å². The van der Waals surface area contributed by atoms with Gasteiger partial charge in [-0.05, 0) is 20.0 Å². The predicted molar refractivity (Wildman–Crippen MR) is 71.3 cm³/mol. The zero-order chi connectivity index (χ0) is 12.8. The van der Waals surface area contributed by atoms with Gasteiger partial charge in [-0.15, -0.1) is 11.6 Å². The maximum atomic E-state index is 5.72. The van der Waals surface area contributed by atoms with Gasteiger partial charge in [0.15, 0.2) is 0 Å². The number of rotatable bonds is 6. The Morgan fingerprint density at radius 3 is 2.47 bits per heavy atom. The van der Waals surface area contributed by atoms with Crippen molar-refractivity contribution in [3.8, 4) is 11.5 Å². The Kier molecular flexibility index (Phi) is 5.59. The second-order valence-electron chi connectivity index (χ2n) is 4.01. The van der Waals surface area contributed by atoms with Crippen LogP contribution in [-0.2, 0) is 6.54 Å². The van der Waals surface area contributed by atoms with Crippen LogP contribution in [0.2, 0.25) is 0 Å². The monoisotopic (exact) mass is 257 g/mol. The Balaban J connectivity index is 2.96. The SMILES string of the molecule is COc1ccc(CN(C)CCCl)c(OC)c1C. The van der Waals surface area contributed by atoms with Crippen LogP contribution in [0.1, 0.15) is 11.1 Å². The van der Waals surface area contributed by atoms with Crippen molar-refractivity contribution in [2.24, 2.45) is 0 Å². The van der Waals surface area contributed by atoms with Crippen molar-refractivity contribution in [2.75, 3.05) is 33.7 Å². The minimum atomic E-state index is 0.633. The lowest BCUT2D eigenvalue weighted by Gasteiger charge is -2.19. The van der Waals surface area contributed by atoms with Crippen LogP contribution in [0.25, 0.3) is 0 Å². The summed E-state index contributed by atoms with van der Waals surface area (Å²) in [4.78, 5) is 2.16. The lowest BCUT2D eigenvalue weighted by molar-refractivity contribution is 0.332. The average molecular weight is 258 g/mol. The van der Waals surface area contributed by atoms with Gasteiger partial charge in [0.2, 0.25) is 0 Å². The number of methoxy groups -OCH3 is 2. The van der Waals surface area contributed by atoms with E-state index in [1.54, 1.807) is 14.2 Å². The van der Waals surface area contributed by atoms with E-state index in [4.69, 9.17) is 21.1 Å². The molecule has 0 saturated carbocycles. The number of nitrogens with zero attached hydrogens (tertiary/aromatic N) is 1. The fourth-order valence-corrected chi connectivity index (χ4v) is 2.16. The van der Waals surface area contributed by atoms with Gasteiger partial charge < -0.3 is 14.4 Å². The van der Waals surface area contributed by atoms with Crippen molar-refractivity contribution >= 4 is 11.6 Å². The zero-order valence-electron chi connectivity index (χ0n) is 10.9. The van der Waals surface area contributed by atoms with Gasteiger partial charge in [0, 0.05) is 30.1 Å². The fourth-order valence-electron chi connectivity index (χ4n) is 1.87. The molecule has 0 fully saturated rings. The van der Waals surface area contributed by atoms with E-state index in [9.17, 15) is 0 Å². The Bertz CT molecular complexity index is 369. The van der Waals surface area contributed by atoms with Crippen molar-refractivity contribution in [3.05, 3.63) is 23.3 Å². The molecule has 0 atom stereocenters. The van der Waals surface area contributed by atoms with Crippen molar-refractivity contribution in [1.82, 2.24) is 4.90 Å². The van der Waals surface area contributed by atoms with Gasteiger partial charge in [0.05, 0.1) is 14.2 Å². The summed E-state index contributed by atoms with van der Waals surface area (Å²) < 4.78 is 10.7. The third-order valence-electron chi connectivity index (χ3n) is 2.77. The third-order valence-corrected chi connectivity index (χ3v) is 2.94. The molecule has 0 aliphatic carbocycles. The molecule has 0 aliphatic rings. The van der Waals surface area contributed by atoms with E-state index in [-0.39, 0.29) is 0 Å².